The fourth-order valence-electron chi connectivity index (χ4n) is 4.59. The topological polar surface area (TPSA) is 53.2 Å². The van der Waals surface area contributed by atoms with E-state index in [1.165, 1.54) is 57.1 Å². The summed E-state index contributed by atoms with van der Waals surface area (Å²) in [6.07, 6.45) is 17.8. The van der Waals surface area contributed by atoms with Crippen LogP contribution < -0.4 is 0 Å². The molecule has 29 heavy (non-hydrogen) atoms. The molecule has 0 spiro atoms. The van der Waals surface area contributed by atoms with Crippen molar-refractivity contribution in [3.63, 3.8) is 0 Å². The van der Waals surface area contributed by atoms with E-state index in [2.05, 4.69) is 29.0 Å². The molecule has 0 radical (unpaired) electrons. The van der Waals surface area contributed by atoms with Gasteiger partial charge in [0.2, 0.25) is 0 Å². The molecule has 0 saturated carbocycles. The van der Waals surface area contributed by atoms with Gasteiger partial charge in [-0.1, -0.05) is 39.0 Å². The summed E-state index contributed by atoms with van der Waals surface area (Å²) in [7, 11) is 1.71. The number of methoxy groups -OCH3 is 1. The summed E-state index contributed by atoms with van der Waals surface area (Å²) in [5.74, 6) is 1.50. The van der Waals surface area contributed by atoms with Crippen LogP contribution in [0.4, 0.5) is 0 Å². The number of nitrogens with zero attached hydrogens (tertiary/aromatic N) is 1. The van der Waals surface area contributed by atoms with Crippen molar-refractivity contribution in [1.82, 2.24) is 9.97 Å². The Morgan fingerprint density at radius 1 is 1.24 bits per heavy atom. The van der Waals surface area contributed by atoms with Gasteiger partial charge < -0.3 is 14.7 Å². The molecule has 154 valence electrons. The molecule has 0 fully saturated rings. The van der Waals surface area contributed by atoms with E-state index >= 15 is 0 Å². The lowest BCUT2D eigenvalue weighted by molar-refractivity contribution is 0.303. The summed E-state index contributed by atoms with van der Waals surface area (Å²) >= 11 is 0. The first-order valence-electron chi connectivity index (χ1n) is 11.2. The summed E-state index contributed by atoms with van der Waals surface area (Å²) in [6.45, 7) is 2.29. The Hall–Kier alpha value is -2.49. The maximum absolute atomic E-state index is 5.61. The van der Waals surface area contributed by atoms with E-state index in [1.54, 1.807) is 12.7 Å². The van der Waals surface area contributed by atoms with Crippen LogP contribution in [0.25, 0.3) is 6.08 Å². The number of hydrogen-bond acceptors (Lipinski definition) is 2. The number of unbranched alkanes of at least 4 members (excludes halogenated alkanes) is 1. The number of nitrogens with one attached hydrogen (secondary N) is 2. The third kappa shape index (κ3) is 4.58. The smallest absolute Gasteiger partial charge is 0.146 e. The standard InChI is InChI=1S/C25H33N3O/c1-3-4-10-18-11-7-5-6-8-12-21-20(18)15-19(27-21)16-24-25(29-2)17-23(28-24)22-13-9-14-26-22/h9,13-18,26-27H,3-8,10-12H2,1-2H3/b24-16-/t18-/m0/s1. The molecule has 4 rings (SSSR count). The molecule has 0 bridgehead atoms. The van der Waals surface area contributed by atoms with Crippen molar-refractivity contribution in [1.29, 1.82) is 0 Å². The van der Waals surface area contributed by atoms with Gasteiger partial charge in [-0.25, -0.2) is 4.99 Å². The summed E-state index contributed by atoms with van der Waals surface area (Å²) in [5, 5.41) is 0. The minimum atomic E-state index is 0.686. The molecule has 1 atom stereocenters. The fraction of sp³-hybridized carbons (Fsp3) is 0.480. The van der Waals surface area contributed by atoms with Crippen molar-refractivity contribution in [2.45, 2.75) is 70.6 Å². The van der Waals surface area contributed by atoms with Crippen LogP contribution in [0, 0.1) is 0 Å². The van der Waals surface area contributed by atoms with Gasteiger partial charge in [0.1, 0.15) is 11.5 Å². The lowest BCUT2D eigenvalue weighted by Gasteiger charge is -2.16. The van der Waals surface area contributed by atoms with E-state index in [1.807, 2.05) is 24.4 Å². The molecule has 2 N–H and O–H groups in total. The van der Waals surface area contributed by atoms with Gasteiger partial charge in [-0.3, -0.25) is 0 Å². The quantitative estimate of drug-likeness (QED) is 0.580. The molecule has 4 nitrogen and oxygen atoms in total. The van der Waals surface area contributed by atoms with Crippen LogP contribution in [0.5, 0.6) is 0 Å². The molecular formula is C25H33N3O. The Bertz CT molecular complexity index is 899. The number of H-pyrrole nitrogens is 2. The zero-order chi connectivity index (χ0) is 20.1. The second-order valence-corrected chi connectivity index (χ2v) is 8.27. The molecule has 2 aromatic rings. The molecule has 2 aromatic heterocycles. The minimum Gasteiger partial charge on any atom is -0.494 e. The Labute approximate surface area is 174 Å². The molecule has 0 aromatic carbocycles. The fourth-order valence-corrected chi connectivity index (χ4v) is 4.59. The van der Waals surface area contributed by atoms with Gasteiger partial charge in [0.25, 0.3) is 0 Å². The van der Waals surface area contributed by atoms with Crippen LogP contribution in [-0.4, -0.2) is 22.8 Å². The summed E-state index contributed by atoms with van der Waals surface area (Å²) in [4.78, 5) is 11.8. The van der Waals surface area contributed by atoms with E-state index < -0.39 is 0 Å². The number of hydrogen-bond donors (Lipinski definition) is 2. The Morgan fingerprint density at radius 3 is 2.93 bits per heavy atom. The number of rotatable bonds is 6. The molecule has 0 unspecified atom stereocenters. The van der Waals surface area contributed by atoms with Crippen LogP contribution >= 0.6 is 0 Å². The second kappa shape index (κ2) is 9.34. The second-order valence-electron chi connectivity index (χ2n) is 8.27. The highest BCUT2D eigenvalue weighted by atomic mass is 16.5. The minimum absolute atomic E-state index is 0.686. The molecule has 3 heterocycles. The van der Waals surface area contributed by atoms with Crippen molar-refractivity contribution < 1.29 is 4.74 Å². The molecule has 0 amide bonds. The van der Waals surface area contributed by atoms with Gasteiger partial charge >= 0.3 is 0 Å². The van der Waals surface area contributed by atoms with Crippen molar-refractivity contribution in [3.8, 4) is 0 Å². The molecule has 0 saturated heterocycles. The van der Waals surface area contributed by atoms with Gasteiger partial charge in [-0.05, 0) is 61.4 Å². The zero-order valence-corrected chi connectivity index (χ0v) is 17.8. The highest BCUT2D eigenvalue weighted by molar-refractivity contribution is 6.11. The van der Waals surface area contributed by atoms with E-state index in [-0.39, 0.29) is 0 Å². The third-order valence-corrected chi connectivity index (χ3v) is 6.18. The predicted octanol–water partition coefficient (Wildman–Crippen LogP) is 6.50. The van der Waals surface area contributed by atoms with Crippen molar-refractivity contribution in [3.05, 3.63) is 64.6 Å². The van der Waals surface area contributed by atoms with E-state index in [4.69, 9.17) is 9.73 Å². The number of ether oxygens (including phenoxy) is 1. The number of aromatic amines is 2. The number of allylic oxidation sites excluding steroid dienone is 1. The molecule has 4 heteroatoms. The molecule has 2 aliphatic rings. The first-order chi connectivity index (χ1) is 14.3. The van der Waals surface area contributed by atoms with E-state index in [0.717, 1.165) is 35.0 Å². The Morgan fingerprint density at radius 2 is 2.14 bits per heavy atom. The van der Waals surface area contributed by atoms with Gasteiger partial charge in [0, 0.05) is 23.7 Å². The van der Waals surface area contributed by atoms with Gasteiger partial charge in [0.05, 0.1) is 18.5 Å². The lowest BCUT2D eigenvalue weighted by Crippen LogP contribution is -2.01. The predicted molar refractivity (Wildman–Crippen MR) is 120 cm³/mol. The third-order valence-electron chi connectivity index (χ3n) is 6.18. The van der Waals surface area contributed by atoms with Gasteiger partial charge in [-0.2, -0.15) is 0 Å². The Kier molecular flexibility index (Phi) is 6.38. The SMILES string of the molecule is CCCC[C@H]1CCCCCCc2[nH]c(/C=C3\N=C(c4ccc[nH]4)C=C3OC)cc21. The molecule has 1 aliphatic carbocycles. The van der Waals surface area contributed by atoms with Gasteiger partial charge in [-0.15, -0.1) is 0 Å². The zero-order valence-electron chi connectivity index (χ0n) is 17.8. The van der Waals surface area contributed by atoms with Crippen molar-refractivity contribution in [2.75, 3.05) is 7.11 Å². The first kappa shape index (κ1) is 19.8. The van der Waals surface area contributed by atoms with Crippen LogP contribution in [0.1, 0.15) is 86.9 Å². The van der Waals surface area contributed by atoms with E-state index in [0.29, 0.717) is 5.92 Å². The maximum Gasteiger partial charge on any atom is 0.146 e. The number of aliphatic imine (C=N–C) groups is 1. The average molecular weight is 392 g/mol. The van der Waals surface area contributed by atoms with Crippen LogP contribution in [0.15, 0.2) is 46.9 Å². The van der Waals surface area contributed by atoms with Crippen molar-refractivity contribution in [2.24, 2.45) is 4.99 Å². The van der Waals surface area contributed by atoms with Crippen LogP contribution in [0.2, 0.25) is 0 Å². The normalized spacial score (nSPS) is 21.2. The largest absolute Gasteiger partial charge is 0.494 e. The highest BCUT2D eigenvalue weighted by Crippen LogP contribution is 2.34. The highest BCUT2D eigenvalue weighted by Gasteiger charge is 2.21. The summed E-state index contributed by atoms with van der Waals surface area (Å²) < 4.78 is 5.61. The number of aromatic nitrogens is 2. The lowest BCUT2D eigenvalue weighted by atomic mass is 9.89. The van der Waals surface area contributed by atoms with Crippen molar-refractivity contribution >= 4 is 11.8 Å². The van der Waals surface area contributed by atoms with Crippen LogP contribution in [0.3, 0.4) is 0 Å². The van der Waals surface area contributed by atoms with Crippen LogP contribution in [-0.2, 0) is 11.2 Å². The van der Waals surface area contributed by atoms with E-state index in [9.17, 15) is 0 Å². The van der Waals surface area contributed by atoms with Gasteiger partial charge in [0.15, 0.2) is 0 Å². The average Bonchev–Trinajstić information content (AvgIpc) is 3.46. The number of fused-ring (bicyclic) bond motifs is 1. The monoisotopic (exact) mass is 391 g/mol. The molecule has 1 aliphatic heterocycles. The summed E-state index contributed by atoms with van der Waals surface area (Å²) in [5.41, 5.74) is 6.94. The summed E-state index contributed by atoms with van der Waals surface area (Å²) in [6, 6.07) is 6.40. The number of aryl methyl sites for hydroxylation is 1. The molecular weight excluding hydrogens is 358 g/mol. The first-order valence-corrected chi connectivity index (χ1v) is 11.2. The maximum atomic E-state index is 5.61. The Balaban J connectivity index is 1.64.